The fourth-order valence-electron chi connectivity index (χ4n) is 2.20. The number of nitrogens with one attached hydrogen (secondary N) is 1. The number of hydrogen-bond acceptors (Lipinski definition) is 4. The Balaban J connectivity index is 2.25. The summed E-state index contributed by atoms with van der Waals surface area (Å²) in [6.07, 6.45) is 0.340. The van der Waals surface area contributed by atoms with Crippen molar-refractivity contribution in [2.24, 2.45) is 5.41 Å². The molecule has 0 atom stereocenters. The lowest BCUT2D eigenvalue weighted by molar-refractivity contribution is -0.122. The molecule has 1 aromatic rings. The van der Waals surface area contributed by atoms with Gasteiger partial charge >= 0.3 is 0 Å². The van der Waals surface area contributed by atoms with Crippen LogP contribution in [0.4, 0.5) is 5.69 Å². The van der Waals surface area contributed by atoms with Gasteiger partial charge in [0.15, 0.2) is 0 Å². The Labute approximate surface area is 127 Å². The number of carbonyl (C=O) groups excluding carboxylic acids is 1. The van der Waals surface area contributed by atoms with Gasteiger partial charge in [0.1, 0.15) is 5.75 Å². The number of carbonyl (C=O) groups is 1. The van der Waals surface area contributed by atoms with E-state index in [1.54, 1.807) is 12.1 Å². The second-order valence-electron chi connectivity index (χ2n) is 6.35. The van der Waals surface area contributed by atoms with Crippen LogP contribution in [0.2, 0.25) is 0 Å². The number of anilines is 1. The van der Waals surface area contributed by atoms with E-state index >= 15 is 0 Å². The quantitative estimate of drug-likeness (QED) is 0.717. The molecule has 0 aromatic heterocycles. The lowest BCUT2D eigenvalue weighted by atomic mass is 9.93. The van der Waals surface area contributed by atoms with Crippen molar-refractivity contribution in [3.8, 4) is 5.75 Å². The molecule has 0 heterocycles. The van der Waals surface area contributed by atoms with Gasteiger partial charge in [0, 0.05) is 24.8 Å². The van der Waals surface area contributed by atoms with Gasteiger partial charge in [-0.25, -0.2) is 0 Å². The maximum atomic E-state index is 11.8. The van der Waals surface area contributed by atoms with Gasteiger partial charge in [-0.3, -0.25) is 4.79 Å². The maximum Gasteiger partial charge on any atom is 0.223 e. The number of nitrogen functional groups attached to an aromatic ring is 1. The third-order valence-corrected chi connectivity index (χ3v) is 2.96. The number of amides is 1. The largest absolute Gasteiger partial charge is 0.493 e. The average molecular weight is 293 g/mol. The molecule has 1 aromatic carbocycles. The maximum absolute atomic E-state index is 11.8. The first-order chi connectivity index (χ1) is 9.78. The van der Waals surface area contributed by atoms with Crippen molar-refractivity contribution >= 4 is 11.6 Å². The molecular formula is C16H27N3O2. The highest BCUT2D eigenvalue weighted by molar-refractivity contribution is 5.76. The van der Waals surface area contributed by atoms with Crippen molar-refractivity contribution in [1.82, 2.24) is 10.2 Å². The predicted octanol–water partition coefficient (Wildman–Crippen LogP) is 1.74. The van der Waals surface area contributed by atoms with E-state index in [1.807, 2.05) is 26.2 Å². The van der Waals surface area contributed by atoms with E-state index in [-0.39, 0.29) is 11.3 Å². The second-order valence-corrected chi connectivity index (χ2v) is 6.35. The Morgan fingerprint density at radius 2 is 2.10 bits per heavy atom. The van der Waals surface area contributed by atoms with Crippen LogP contribution in [0.25, 0.3) is 0 Å². The number of hydrogen-bond donors (Lipinski definition) is 2. The normalized spacial score (nSPS) is 11.5. The first kappa shape index (κ1) is 17.3. The van der Waals surface area contributed by atoms with Crippen LogP contribution in [0.5, 0.6) is 5.75 Å². The monoisotopic (exact) mass is 293 g/mol. The SMILES string of the molecule is CN(C)CC(C)(C)CNC(=O)CCOc1cccc(N)c1. The van der Waals surface area contributed by atoms with Crippen LogP contribution in [0, 0.1) is 5.41 Å². The van der Waals surface area contributed by atoms with Crippen molar-refractivity contribution in [3.63, 3.8) is 0 Å². The fraction of sp³-hybridized carbons (Fsp3) is 0.562. The Morgan fingerprint density at radius 3 is 2.71 bits per heavy atom. The van der Waals surface area contributed by atoms with Crippen molar-refractivity contribution in [1.29, 1.82) is 0 Å². The highest BCUT2D eigenvalue weighted by Gasteiger charge is 2.19. The molecule has 0 fully saturated rings. The Hall–Kier alpha value is -1.75. The van der Waals surface area contributed by atoms with E-state index in [9.17, 15) is 4.79 Å². The highest BCUT2D eigenvalue weighted by Crippen LogP contribution is 2.15. The Kier molecular flexibility index (Phi) is 6.49. The van der Waals surface area contributed by atoms with E-state index in [0.29, 0.717) is 31.0 Å². The van der Waals surface area contributed by atoms with Crippen LogP contribution in [0.15, 0.2) is 24.3 Å². The van der Waals surface area contributed by atoms with Gasteiger partial charge in [-0.2, -0.15) is 0 Å². The van der Waals surface area contributed by atoms with E-state index in [1.165, 1.54) is 0 Å². The fourth-order valence-corrected chi connectivity index (χ4v) is 2.20. The Morgan fingerprint density at radius 1 is 1.38 bits per heavy atom. The minimum atomic E-state index is 0.00531. The molecule has 0 saturated carbocycles. The molecular weight excluding hydrogens is 266 g/mol. The number of rotatable bonds is 8. The third kappa shape index (κ3) is 7.56. The van der Waals surface area contributed by atoms with Crippen molar-refractivity contribution in [2.45, 2.75) is 20.3 Å². The van der Waals surface area contributed by atoms with Gasteiger partial charge in [-0.1, -0.05) is 19.9 Å². The number of nitrogens with two attached hydrogens (primary N) is 1. The van der Waals surface area contributed by atoms with Crippen LogP contribution in [0.1, 0.15) is 20.3 Å². The van der Waals surface area contributed by atoms with Gasteiger partial charge in [0.05, 0.1) is 13.0 Å². The molecule has 0 saturated heterocycles. The highest BCUT2D eigenvalue weighted by atomic mass is 16.5. The molecule has 1 rings (SSSR count). The first-order valence-corrected chi connectivity index (χ1v) is 7.18. The summed E-state index contributed by atoms with van der Waals surface area (Å²) in [6.45, 7) is 6.20. The molecule has 0 aliphatic heterocycles. The van der Waals surface area contributed by atoms with Gasteiger partial charge in [-0.05, 0) is 31.6 Å². The molecule has 1 amide bonds. The summed E-state index contributed by atoms with van der Waals surface area (Å²) in [5.74, 6) is 0.696. The number of ether oxygens (including phenoxy) is 1. The molecule has 3 N–H and O–H groups in total. The Bertz CT molecular complexity index is 459. The van der Waals surface area contributed by atoms with Crippen LogP contribution in [-0.4, -0.2) is 44.6 Å². The standard InChI is InChI=1S/C16H27N3O2/c1-16(2,12-19(3)4)11-18-15(20)8-9-21-14-7-5-6-13(17)10-14/h5-7,10H,8-9,11-12,17H2,1-4H3,(H,18,20). The van der Waals surface area contributed by atoms with E-state index in [4.69, 9.17) is 10.5 Å². The molecule has 0 radical (unpaired) electrons. The van der Waals surface area contributed by atoms with Crippen LogP contribution in [-0.2, 0) is 4.79 Å². The summed E-state index contributed by atoms with van der Waals surface area (Å²) in [5, 5.41) is 2.96. The minimum Gasteiger partial charge on any atom is -0.493 e. The van der Waals surface area contributed by atoms with E-state index < -0.39 is 0 Å². The number of benzene rings is 1. The minimum absolute atomic E-state index is 0.00531. The van der Waals surface area contributed by atoms with E-state index in [0.717, 1.165) is 6.54 Å². The second kappa shape index (κ2) is 7.88. The third-order valence-electron chi connectivity index (χ3n) is 2.96. The zero-order valence-corrected chi connectivity index (χ0v) is 13.5. The summed E-state index contributed by atoms with van der Waals surface area (Å²) in [4.78, 5) is 13.9. The van der Waals surface area contributed by atoms with Crippen molar-refractivity contribution in [2.75, 3.05) is 39.5 Å². The number of nitrogens with zero attached hydrogens (tertiary/aromatic N) is 1. The molecule has 0 unspecified atom stereocenters. The average Bonchev–Trinajstić information content (AvgIpc) is 2.35. The van der Waals surface area contributed by atoms with E-state index in [2.05, 4.69) is 24.1 Å². The molecule has 0 aliphatic carbocycles. The van der Waals surface area contributed by atoms with Gasteiger partial charge < -0.3 is 20.7 Å². The molecule has 21 heavy (non-hydrogen) atoms. The van der Waals surface area contributed by atoms with Crippen LogP contribution < -0.4 is 15.8 Å². The van der Waals surface area contributed by atoms with Crippen LogP contribution >= 0.6 is 0 Å². The predicted molar refractivity (Wildman–Crippen MR) is 86.3 cm³/mol. The van der Waals surface area contributed by atoms with Crippen molar-refractivity contribution in [3.05, 3.63) is 24.3 Å². The van der Waals surface area contributed by atoms with Gasteiger partial charge in [0.25, 0.3) is 0 Å². The van der Waals surface area contributed by atoms with Crippen LogP contribution in [0.3, 0.4) is 0 Å². The topological polar surface area (TPSA) is 67.6 Å². The zero-order valence-electron chi connectivity index (χ0n) is 13.5. The molecule has 0 bridgehead atoms. The molecule has 0 aliphatic rings. The summed E-state index contributed by atoms with van der Waals surface area (Å²) >= 11 is 0. The summed E-state index contributed by atoms with van der Waals surface area (Å²) in [5.41, 5.74) is 6.37. The molecule has 0 spiro atoms. The summed E-state index contributed by atoms with van der Waals surface area (Å²) < 4.78 is 5.50. The lowest BCUT2D eigenvalue weighted by Gasteiger charge is -2.28. The smallest absolute Gasteiger partial charge is 0.223 e. The molecule has 5 nitrogen and oxygen atoms in total. The summed E-state index contributed by atoms with van der Waals surface area (Å²) in [6, 6.07) is 7.20. The molecule has 118 valence electrons. The lowest BCUT2D eigenvalue weighted by Crippen LogP contribution is -2.40. The molecule has 5 heteroatoms. The summed E-state index contributed by atoms with van der Waals surface area (Å²) in [7, 11) is 4.06. The zero-order chi connectivity index (χ0) is 15.9. The first-order valence-electron chi connectivity index (χ1n) is 7.18. The van der Waals surface area contributed by atoms with Crippen molar-refractivity contribution < 1.29 is 9.53 Å². The van der Waals surface area contributed by atoms with Gasteiger partial charge in [0.2, 0.25) is 5.91 Å². The van der Waals surface area contributed by atoms with Gasteiger partial charge in [-0.15, -0.1) is 0 Å².